The van der Waals surface area contributed by atoms with Gasteiger partial charge in [0.1, 0.15) is 0 Å². The Morgan fingerprint density at radius 1 is 0.593 bits per heavy atom. The maximum atomic E-state index is 2.34. The second kappa shape index (κ2) is 9.20. The van der Waals surface area contributed by atoms with Crippen LogP contribution >= 0.6 is 118 Å². The fourth-order valence-electron chi connectivity index (χ4n) is 2.73. The molecule has 0 radical (unpaired) electrons. The summed E-state index contributed by atoms with van der Waals surface area (Å²) in [4.78, 5) is 3.27. The smallest absolute Gasteiger partial charge is 0.0718 e. The molecule has 0 saturated carbocycles. The van der Waals surface area contributed by atoms with Crippen molar-refractivity contribution in [3.05, 3.63) is 55.9 Å². The Labute approximate surface area is 203 Å². The van der Waals surface area contributed by atoms with Crippen molar-refractivity contribution in [2.45, 2.75) is 19.3 Å². The van der Waals surface area contributed by atoms with Crippen LogP contribution in [0.5, 0.6) is 0 Å². The lowest BCUT2D eigenvalue weighted by Crippen LogP contribution is -1.71. The van der Waals surface area contributed by atoms with E-state index in [1.807, 2.05) is 118 Å². The molecule has 0 saturated heterocycles. The normalized spacial score (nSPS) is 24.8. The molecule has 5 aliphatic rings. The molecule has 0 spiro atoms. The van der Waals surface area contributed by atoms with E-state index in [4.69, 9.17) is 0 Å². The van der Waals surface area contributed by atoms with Gasteiger partial charge >= 0.3 is 0 Å². The van der Waals surface area contributed by atoms with Crippen molar-refractivity contribution < 1.29 is 0 Å². The molecule has 0 bridgehead atoms. The van der Waals surface area contributed by atoms with Crippen molar-refractivity contribution in [1.82, 2.24) is 0 Å². The van der Waals surface area contributed by atoms with Gasteiger partial charge in [0.25, 0.3) is 0 Å². The summed E-state index contributed by atoms with van der Waals surface area (Å²) in [5, 5.41) is 0. The predicted octanol–water partition coefficient (Wildman–Crippen LogP) is 10.1. The molecule has 4 heterocycles. The number of allylic oxidation sites excluding steroid dienone is 4. The molecule has 0 aromatic carbocycles. The highest BCUT2D eigenvalue weighted by atomic mass is 32.3. The van der Waals surface area contributed by atoms with E-state index in [1.165, 1.54) is 53.2 Å². The lowest BCUT2D eigenvalue weighted by atomic mass is 10.4. The van der Waals surface area contributed by atoms with Crippen molar-refractivity contribution in [2.24, 2.45) is 0 Å². The summed E-state index contributed by atoms with van der Waals surface area (Å²) in [7, 11) is 0. The lowest BCUT2D eigenvalue weighted by Gasteiger charge is -2.05. The van der Waals surface area contributed by atoms with Gasteiger partial charge in [0.2, 0.25) is 0 Å². The van der Waals surface area contributed by atoms with Crippen molar-refractivity contribution in [1.29, 1.82) is 0 Å². The summed E-state index contributed by atoms with van der Waals surface area (Å²) in [6, 6.07) is 0. The summed E-state index contributed by atoms with van der Waals surface area (Å²) in [5.74, 6) is 0. The van der Waals surface area contributed by atoms with E-state index in [-0.39, 0.29) is 0 Å². The van der Waals surface area contributed by atoms with Crippen molar-refractivity contribution in [3.8, 4) is 0 Å². The molecule has 0 fully saturated rings. The maximum Gasteiger partial charge on any atom is 0.0718 e. The van der Waals surface area contributed by atoms with Crippen molar-refractivity contribution >= 4 is 118 Å². The van der Waals surface area contributed by atoms with E-state index < -0.39 is 0 Å². The van der Waals surface area contributed by atoms with Gasteiger partial charge in [0.05, 0.1) is 29.7 Å². The highest BCUT2D eigenvalue weighted by Crippen LogP contribution is 2.70. The van der Waals surface area contributed by atoms with Crippen LogP contribution in [0.2, 0.25) is 0 Å². The summed E-state index contributed by atoms with van der Waals surface area (Å²) >= 11 is 19.5. The van der Waals surface area contributed by atoms with Gasteiger partial charge < -0.3 is 0 Å². The Morgan fingerprint density at radius 3 is 1.56 bits per heavy atom. The summed E-state index contributed by atoms with van der Waals surface area (Å²) in [6.45, 7) is 0. The Morgan fingerprint density at radius 2 is 1.04 bits per heavy atom. The van der Waals surface area contributed by atoms with E-state index in [2.05, 4.69) is 24.7 Å². The number of hydrogen-bond donors (Lipinski definition) is 0. The van der Waals surface area contributed by atoms with Crippen LogP contribution in [0, 0.1) is 0 Å². The third-order valence-corrected chi connectivity index (χ3v) is 17.9. The first kappa shape index (κ1) is 20.8. The molecule has 4 aliphatic heterocycles. The van der Waals surface area contributed by atoms with Crippen LogP contribution in [0.4, 0.5) is 0 Å². The molecule has 0 aromatic rings. The quantitative estimate of drug-likeness (QED) is 0.339. The summed E-state index contributed by atoms with van der Waals surface area (Å²) in [5.41, 5.74) is 0. The van der Waals surface area contributed by atoms with Crippen LogP contribution in [0.1, 0.15) is 19.3 Å². The molecular weight excluding hydrogens is 525 g/mol. The molecule has 1 aliphatic carbocycles. The van der Waals surface area contributed by atoms with Gasteiger partial charge in [-0.1, -0.05) is 94.1 Å². The van der Waals surface area contributed by atoms with Gasteiger partial charge in [-0.05, 0) is 43.9 Å². The van der Waals surface area contributed by atoms with Gasteiger partial charge in [-0.2, -0.15) is 0 Å². The molecule has 0 atom stereocenters. The average Bonchev–Trinajstić information content (AvgIpc) is 3.42. The molecule has 10 heteroatoms. The van der Waals surface area contributed by atoms with Gasteiger partial charge in [-0.3, -0.25) is 0 Å². The van der Waals surface area contributed by atoms with Crippen LogP contribution in [0.3, 0.4) is 0 Å². The van der Waals surface area contributed by atoms with Gasteiger partial charge in [-0.25, -0.2) is 0 Å². The molecule has 0 unspecified atom stereocenters. The molecule has 142 valence electrons. The van der Waals surface area contributed by atoms with E-state index in [9.17, 15) is 0 Å². The lowest BCUT2D eigenvalue weighted by molar-refractivity contribution is 0.921. The van der Waals surface area contributed by atoms with E-state index >= 15 is 0 Å². The van der Waals surface area contributed by atoms with Crippen LogP contribution in [-0.2, 0) is 0 Å². The predicted molar refractivity (Wildman–Crippen MR) is 146 cm³/mol. The SMILES string of the molecule is CSC1=C(SC)SC(=C2SC3=C(SC(=CC=C4SC5=C(CCC5)S4)S3)S2)S1. The van der Waals surface area contributed by atoms with Crippen LogP contribution in [-0.4, -0.2) is 12.5 Å². The monoisotopic (exact) mass is 538 g/mol. The maximum absolute atomic E-state index is 2.34. The molecule has 5 rings (SSSR count). The highest BCUT2D eigenvalue weighted by Gasteiger charge is 2.34. The fourth-order valence-corrected chi connectivity index (χ4v) is 16.9. The van der Waals surface area contributed by atoms with Crippen LogP contribution in [0.25, 0.3) is 0 Å². The molecule has 0 N–H and O–H groups in total. The zero-order valence-corrected chi connectivity index (χ0v) is 22.5. The minimum absolute atomic E-state index is 1.30. The zero-order valence-electron chi connectivity index (χ0n) is 14.4. The van der Waals surface area contributed by atoms with Crippen molar-refractivity contribution in [3.63, 3.8) is 0 Å². The van der Waals surface area contributed by atoms with E-state index in [0.717, 1.165) is 0 Å². The second-order valence-electron chi connectivity index (χ2n) is 5.62. The average molecular weight is 539 g/mol. The number of thioether (sulfide) groups is 10. The number of hydrogen-bond acceptors (Lipinski definition) is 10. The molecule has 27 heavy (non-hydrogen) atoms. The van der Waals surface area contributed by atoms with Gasteiger partial charge in [0, 0.05) is 14.0 Å². The highest BCUT2D eigenvalue weighted by molar-refractivity contribution is 8.49. The van der Waals surface area contributed by atoms with Gasteiger partial charge in [0.15, 0.2) is 0 Å². The van der Waals surface area contributed by atoms with E-state index in [1.54, 1.807) is 9.81 Å². The Kier molecular flexibility index (Phi) is 7.10. The first-order valence-electron chi connectivity index (χ1n) is 8.11. The first-order valence-corrected chi connectivity index (χ1v) is 17.1. The minimum Gasteiger partial charge on any atom is -0.121 e. The largest absolute Gasteiger partial charge is 0.121 e. The molecule has 0 aromatic heterocycles. The van der Waals surface area contributed by atoms with E-state index in [0.29, 0.717) is 0 Å². The van der Waals surface area contributed by atoms with Crippen molar-refractivity contribution in [2.75, 3.05) is 12.5 Å². The third kappa shape index (κ3) is 4.46. The first-order chi connectivity index (χ1) is 13.2. The van der Waals surface area contributed by atoms with Crippen LogP contribution < -0.4 is 0 Å². The Balaban J connectivity index is 1.20. The zero-order chi connectivity index (χ0) is 18.4. The Hall–Kier alpha value is 1.94. The summed E-state index contributed by atoms with van der Waals surface area (Å²) < 4.78 is 11.7. The molecular formula is C17H14S10. The molecule has 0 nitrogen and oxygen atoms in total. The topological polar surface area (TPSA) is 0 Å². The Bertz CT molecular complexity index is 827. The van der Waals surface area contributed by atoms with Crippen LogP contribution in [0.15, 0.2) is 55.9 Å². The fraction of sp³-hybridized carbons (Fsp3) is 0.294. The minimum atomic E-state index is 1.30. The standard InChI is InChI=1S/C17H14S10/c1-18-12-13(19-2)25-16(24-12)17-26-14-15(27-17)23-11(22-14)7-6-10-20-8-4-3-5-9(8)21-10/h6-7H,3-5H2,1-2H3. The summed E-state index contributed by atoms with van der Waals surface area (Å²) in [6.07, 6.45) is 13.0. The van der Waals surface area contributed by atoms with Gasteiger partial charge in [-0.15, -0.1) is 23.5 Å². The third-order valence-electron chi connectivity index (χ3n) is 3.92. The number of rotatable bonds is 3. The molecule has 0 amide bonds. The second-order valence-corrected chi connectivity index (χ2v) is 17.8.